The van der Waals surface area contributed by atoms with Gasteiger partial charge in [-0.1, -0.05) is 45.0 Å². The summed E-state index contributed by atoms with van der Waals surface area (Å²) in [5.41, 5.74) is 8.03. The highest BCUT2D eigenvalue weighted by Gasteiger charge is 2.12. The second kappa shape index (κ2) is 8.05. The lowest BCUT2D eigenvalue weighted by Crippen LogP contribution is -2.29. The summed E-state index contributed by atoms with van der Waals surface area (Å²) in [5, 5.41) is 3.03. The van der Waals surface area contributed by atoms with E-state index in [4.69, 9.17) is 5.73 Å². The van der Waals surface area contributed by atoms with Gasteiger partial charge in [0, 0.05) is 6.42 Å². The van der Waals surface area contributed by atoms with Crippen molar-refractivity contribution >= 4 is 5.91 Å². The van der Waals surface area contributed by atoms with Gasteiger partial charge in [0.05, 0.1) is 6.04 Å². The number of benzene rings is 1. The van der Waals surface area contributed by atoms with E-state index in [9.17, 15) is 4.79 Å². The molecule has 0 aliphatic carbocycles. The summed E-state index contributed by atoms with van der Waals surface area (Å²) in [6.07, 6.45) is 1.58. The number of rotatable bonds is 7. The third-order valence-electron chi connectivity index (χ3n) is 3.44. The molecule has 112 valence electrons. The molecular formula is C17H28N2O. The van der Waals surface area contributed by atoms with Crippen molar-refractivity contribution in [1.29, 1.82) is 0 Å². The van der Waals surface area contributed by atoms with Crippen LogP contribution in [-0.4, -0.2) is 12.5 Å². The van der Waals surface area contributed by atoms with Crippen molar-refractivity contribution in [2.45, 2.75) is 46.6 Å². The molecule has 3 heteroatoms. The first-order valence-corrected chi connectivity index (χ1v) is 7.50. The average molecular weight is 276 g/mol. The minimum atomic E-state index is 0.0422. The maximum Gasteiger partial charge on any atom is 0.220 e. The Hall–Kier alpha value is -1.35. The standard InChI is InChI=1S/C17H28N2O/c1-12(2)9-15-5-7-16(8-6-15)14(4)19-17(20)10-13(3)11-18/h5-8,12-14H,9-11,18H2,1-4H3,(H,19,20). The minimum absolute atomic E-state index is 0.0422. The lowest BCUT2D eigenvalue weighted by molar-refractivity contribution is -0.122. The van der Waals surface area contributed by atoms with Crippen LogP contribution in [0.15, 0.2) is 24.3 Å². The molecule has 0 saturated carbocycles. The number of nitrogens with two attached hydrogens (primary N) is 1. The summed E-state index contributed by atoms with van der Waals surface area (Å²) in [6, 6.07) is 8.56. The maximum absolute atomic E-state index is 11.8. The highest BCUT2D eigenvalue weighted by molar-refractivity contribution is 5.76. The fourth-order valence-corrected chi connectivity index (χ4v) is 2.20. The number of nitrogens with one attached hydrogen (secondary N) is 1. The molecule has 0 fully saturated rings. The lowest BCUT2D eigenvalue weighted by atomic mass is 9.99. The van der Waals surface area contributed by atoms with Gasteiger partial charge in [0.2, 0.25) is 5.91 Å². The molecule has 0 radical (unpaired) electrons. The molecule has 1 aromatic carbocycles. The fraction of sp³-hybridized carbons (Fsp3) is 0.588. The van der Waals surface area contributed by atoms with Crippen LogP contribution in [0.1, 0.15) is 51.3 Å². The van der Waals surface area contributed by atoms with Crippen molar-refractivity contribution in [1.82, 2.24) is 5.32 Å². The highest BCUT2D eigenvalue weighted by atomic mass is 16.1. The molecule has 3 N–H and O–H groups in total. The number of carbonyl (C=O) groups excluding carboxylic acids is 1. The second-order valence-electron chi connectivity index (χ2n) is 6.17. The van der Waals surface area contributed by atoms with Gasteiger partial charge < -0.3 is 11.1 Å². The monoisotopic (exact) mass is 276 g/mol. The highest BCUT2D eigenvalue weighted by Crippen LogP contribution is 2.16. The van der Waals surface area contributed by atoms with Crippen LogP contribution in [0.3, 0.4) is 0 Å². The summed E-state index contributed by atoms with van der Waals surface area (Å²) in [7, 11) is 0. The Balaban J connectivity index is 2.54. The Labute approximate surface area is 122 Å². The van der Waals surface area contributed by atoms with Crippen LogP contribution < -0.4 is 11.1 Å². The molecule has 0 saturated heterocycles. The van der Waals surface area contributed by atoms with Crippen LogP contribution in [0.2, 0.25) is 0 Å². The van der Waals surface area contributed by atoms with Crippen LogP contribution in [0.4, 0.5) is 0 Å². The summed E-state index contributed by atoms with van der Waals surface area (Å²) in [5.74, 6) is 0.966. The van der Waals surface area contributed by atoms with Crippen LogP contribution in [0, 0.1) is 11.8 Å². The summed E-state index contributed by atoms with van der Waals surface area (Å²) >= 11 is 0. The molecule has 1 rings (SSSR count). The predicted octanol–water partition coefficient (Wildman–Crippen LogP) is 3.05. The number of hydrogen-bond donors (Lipinski definition) is 2. The zero-order valence-electron chi connectivity index (χ0n) is 13.1. The summed E-state index contributed by atoms with van der Waals surface area (Å²) < 4.78 is 0. The van der Waals surface area contributed by atoms with Crippen molar-refractivity contribution in [3.05, 3.63) is 35.4 Å². The number of amides is 1. The quantitative estimate of drug-likeness (QED) is 0.804. The van der Waals surface area contributed by atoms with Crippen molar-refractivity contribution in [3.63, 3.8) is 0 Å². The predicted molar refractivity (Wildman–Crippen MR) is 84.4 cm³/mol. The van der Waals surface area contributed by atoms with Crippen LogP contribution in [-0.2, 0) is 11.2 Å². The SMILES string of the molecule is CC(C)Cc1ccc(C(C)NC(=O)CC(C)CN)cc1. The molecule has 20 heavy (non-hydrogen) atoms. The van der Waals surface area contributed by atoms with E-state index in [2.05, 4.69) is 43.4 Å². The zero-order valence-corrected chi connectivity index (χ0v) is 13.1. The van der Waals surface area contributed by atoms with Crippen LogP contribution in [0.25, 0.3) is 0 Å². The molecule has 0 aromatic heterocycles. The van der Waals surface area contributed by atoms with Crippen LogP contribution >= 0.6 is 0 Å². The first-order valence-electron chi connectivity index (χ1n) is 7.50. The third-order valence-corrected chi connectivity index (χ3v) is 3.44. The van der Waals surface area contributed by atoms with Crippen molar-refractivity contribution in [3.8, 4) is 0 Å². The summed E-state index contributed by atoms with van der Waals surface area (Å²) in [6.45, 7) is 8.99. The Kier molecular flexibility index (Phi) is 6.73. The molecule has 1 aromatic rings. The molecule has 3 nitrogen and oxygen atoms in total. The van der Waals surface area contributed by atoms with E-state index in [1.165, 1.54) is 5.56 Å². The minimum Gasteiger partial charge on any atom is -0.350 e. The van der Waals surface area contributed by atoms with Crippen molar-refractivity contribution < 1.29 is 4.79 Å². The van der Waals surface area contributed by atoms with Gasteiger partial charge in [-0.25, -0.2) is 0 Å². The van der Waals surface area contributed by atoms with Crippen LogP contribution in [0.5, 0.6) is 0 Å². The summed E-state index contributed by atoms with van der Waals surface area (Å²) in [4.78, 5) is 11.8. The molecule has 2 unspecified atom stereocenters. The van der Waals surface area contributed by atoms with E-state index < -0.39 is 0 Å². The Morgan fingerprint density at radius 1 is 1.15 bits per heavy atom. The molecule has 0 aliphatic rings. The van der Waals surface area contributed by atoms with Gasteiger partial charge in [-0.2, -0.15) is 0 Å². The number of hydrogen-bond acceptors (Lipinski definition) is 2. The normalized spacial score (nSPS) is 14.1. The largest absolute Gasteiger partial charge is 0.350 e. The zero-order chi connectivity index (χ0) is 15.1. The first kappa shape index (κ1) is 16.7. The van der Waals surface area contributed by atoms with Gasteiger partial charge >= 0.3 is 0 Å². The molecule has 0 aliphatic heterocycles. The van der Waals surface area contributed by atoms with E-state index in [0.717, 1.165) is 12.0 Å². The average Bonchev–Trinajstić information content (AvgIpc) is 2.38. The van der Waals surface area contributed by atoms with Gasteiger partial charge in [-0.15, -0.1) is 0 Å². The maximum atomic E-state index is 11.8. The van der Waals surface area contributed by atoms with Crippen molar-refractivity contribution in [2.24, 2.45) is 17.6 Å². The molecule has 2 atom stereocenters. The van der Waals surface area contributed by atoms with Gasteiger partial charge in [0.25, 0.3) is 0 Å². The van der Waals surface area contributed by atoms with E-state index in [1.807, 2.05) is 13.8 Å². The fourth-order valence-electron chi connectivity index (χ4n) is 2.20. The topological polar surface area (TPSA) is 55.1 Å². The molecule has 1 amide bonds. The van der Waals surface area contributed by atoms with E-state index in [1.54, 1.807) is 0 Å². The van der Waals surface area contributed by atoms with Gasteiger partial charge in [0.15, 0.2) is 0 Å². The Bertz CT molecular complexity index is 412. The Morgan fingerprint density at radius 3 is 2.25 bits per heavy atom. The number of carbonyl (C=O) groups is 1. The van der Waals surface area contributed by atoms with Gasteiger partial charge in [0.1, 0.15) is 0 Å². The van der Waals surface area contributed by atoms with Crippen molar-refractivity contribution in [2.75, 3.05) is 6.54 Å². The molecule has 0 bridgehead atoms. The third kappa shape index (κ3) is 5.74. The lowest BCUT2D eigenvalue weighted by Gasteiger charge is -2.16. The Morgan fingerprint density at radius 2 is 1.75 bits per heavy atom. The van der Waals surface area contributed by atoms with E-state index in [-0.39, 0.29) is 17.9 Å². The van der Waals surface area contributed by atoms with Gasteiger partial charge in [-0.05, 0) is 42.9 Å². The van der Waals surface area contributed by atoms with E-state index >= 15 is 0 Å². The molecular weight excluding hydrogens is 248 g/mol. The molecule has 0 spiro atoms. The molecule has 0 heterocycles. The van der Waals surface area contributed by atoms with Gasteiger partial charge in [-0.3, -0.25) is 4.79 Å². The first-order chi connectivity index (χ1) is 9.42. The van der Waals surface area contributed by atoms with E-state index in [0.29, 0.717) is 18.9 Å². The smallest absolute Gasteiger partial charge is 0.220 e. The second-order valence-corrected chi connectivity index (χ2v) is 6.17.